The minimum Gasteiger partial charge on any atom is -0.496 e. The molecule has 3 atom stereocenters. The number of rotatable bonds is 3. The van der Waals surface area contributed by atoms with Gasteiger partial charge in [0.1, 0.15) is 5.75 Å². The quantitative estimate of drug-likeness (QED) is 0.894. The van der Waals surface area contributed by atoms with E-state index in [4.69, 9.17) is 10.5 Å². The van der Waals surface area contributed by atoms with Crippen LogP contribution in [0.25, 0.3) is 0 Å². The van der Waals surface area contributed by atoms with Gasteiger partial charge in [0.25, 0.3) is 0 Å². The highest BCUT2D eigenvalue weighted by Crippen LogP contribution is 2.37. The number of nitrogens with zero attached hydrogens (tertiary/aromatic N) is 1. The first kappa shape index (κ1) is 13.2. The summed E-state index contributed by atoms with van der Waals surface area (Å²) in [5.41, 5.74) is 8.48. The zero-order valence-corrected chi connectivity index (χ0v) is 11.8. The van der Waals surface area contributed by atoms with E-state index < -0.39 is 0 Å². The topological polar surface area (TPSA) is 38.5 Å². The molecule has 1 saturated heterocycles. The summed E-state index contributed by atoms with van der Waals surface area (Å²) in [7, 11) is 1.71. The third kappa shape index (κ3) is 2.32. The zero-order chi connectivity index (χ0) is 13.3. The smallest absolute Gasteiger partial charge is 0.125 e. The van der Waals surface area contributed by atoms with E-state index in [2.05, 4.69) is 24.8 Å². The SMILES string of the molecule is COc1cccc(N2CC(C)C(C)C2)c1[C@H](C)N. The van der Waals surface area contributed by atoms with Crippen LogP contribution in [0, 0.1) is 11.8 Å². The lowest BCUT2D eigenvalue weighted by atomic mass is 10.0. The third-order valence-corrected chi connectivity index (χ3v) is 4.05. The summed E-state index contributed by atoms with van der Waals surface area (Å²) in [6, 6.07) is 6.19. The predicted octanol–water partition coefficient (Wildman–Crippen LogP) is 2.81. The summed E-state index contributed by atoms with van der Waals surface area (Å²) in [6.07, 6.45) is 0. The fraction of sp³-hybridized carbons (Fsp3) is 0.600. The summed E-state index contributed by atoms with van der Waals surface area (Å²) in [6.45, 7) is 8.86. The van der Waals surface area contributed by atoms with E-state index in [0.717, 1.165) is 36.2 Å². The van der Waals surface area contributed by atoms with Crippen LogP contribution >= 0.6 is 0 Å². The van der Waals surface area contributed by atoms with Gasteiger partial charge in [-0.2, -0.15) is 0 Å². The summed E-state index contributed by atoms with van der Waals surface area (Å²) in [5, 5.41) is 0. The van der Waals surface area contributed by atoms with E-state index in [1.54, 1.807) is 7.11 Å². The molecule has 0 aromatic heterocycles. The van der Waals surface area contributed by atoms with Crippen LogP contribution in [-0.2, 0) is 0 Å². The molecular weight excluding hydrogens is 224 g/mol. The standard InChI is InChI=1S/C15H24N2O/c1-10-8-17(9-11(10)2)13-6-5-7-14(18-4)15(13)12(3)16/h5-7,10-12H,8-9,16H2,1-4H3/t10?,11?,12-/m0/s1. The Kier molecular flexibility index (Phi) is 3.81. The van der Waals surface area contributed by atoms with Crippen molar-refractivity contribution in [1.29, 1.82) is 0 Å². The van der Waals surface area contributed by atoms with Gasteiger partial charge >= 0.3 is 0 Å². The molecule has 1 fully saturated rings. The van der Waals surface area contributed by atoms with E-state index in [-0.39, 0.29) is 6.04 Å². The van der Waals surface area contributed by atoms with Crippen molar-refractivity contribution in [2.24, 2.45) is 17.6 Å². The van der Waals surface area contributed by atoms with E-state index in [1.165, 1.54) is 5.69 Å². The highest BCUT2D eigenvalue weighted by Gasteiger charge is 2.28. The van der Waals surface area contributed by atoms with Gasteiger partial charge in [-0.1, -0.05) is 19.9 Å². The minimum absolute atomic E-state index is 0.0117. The number of anilines is 1. The monoisotopic (exact) mass is 248 g/mol. The maximum absolute atomic E-state index is 6.12. The Morgan fingerprint density at radius 3 is 2.39 bits per heavy atom. The highest BCUT2D eigenvalue weighted by molar-refractivity contribution is 5.61. The molecule has 1 aliphatic rings. The van der Waals surface area contributed by atoms with Crippen molar-refractivity contribution in [3.05, 3.63) is 23.8 Å². The summed E-state index contributed by atoms with van der Waals surface area (Å²) < 4.78 is 5.45. The van der Waals surface area contributed by atoms with Gasteiger partial charge in [-0.15, -0.1) is 0 Å². The number of nitrogens with two attached hydrogens (primary N) is 1. The molecular formula is C15H24N2O. The van der Waals surface area contributed by atoms with Crippen LogP contribution in [0.4, 0.5) is 5.69 Å². The molecule has 0 radical (unpaired) electrons. The van der Waals surface area contributed by atoms with Gasteiger partial charge in [-0.25, -0.2) is 0 Å². The zero-order valence-electron chi connectivity index (χ0n) is 11.8. The first-order valence-electron chi connectivity index (χ1n) is 6.72. The summed E-state index contributed by atoms with van der Waals surface area (Å²) in [5.74, 6) is 2.36. The molecule has 0 spiro atoms. The Morgan fingerprint density at radius 1 is 1.28 bits per heavy atom. The number of hydrogen-bond acceptors (Lipinski definition) is 3. The molecule has 0 amide bonds. The maximum Gasteiger partial charge on any atom is 0.125 e. The fourth-order valence-electron chi connectivity index (χ4n) is 2.77. The lowest BCUT2D eigenvalue weighted by Crippen LogP contribution is -2.23. The average Bonchev–Trinajstić information content (AvgIpc) is 2.68. The molecule has 3 heteroatoms. The molecule has 1 heterocycles. The van der Waals surface area contributed by atoms with Crippen molar-refractivity contribution in [2.45, 2.75) is 26.8 Å². The second kappa shape index (κ2) is 5.19. The molecule has 1 aliphatic heterocycles. The Hall–Kier alpha value is -1.22. The maximum atomic E-state index is 6.12. The van der Waals surface area contributed by atoms with Crippen LogP contribution in [0.5, 0.6) is 5.75 Å². The second-order valence-electron chi connectivity index (χ2n) is 5.54. The van der Waals surface area contributed by atoms with Gasteiger partial charge in [0.05, 0.1) is 7.11 Å². The predicted molar refractivity (Wildman–Crippen MR) is 76.1 cm³/mol. The van der Waals surface area contributed by atoms with Crippen LogP contribution in [0.3, 0.4) is 0 Å². The minimum atomic E-state index is -0.0117. The third-order valence-electron chi connectivity index (χ3n) is 4.05. The van der Waals surface area contributed by atoms with Crippen LogP contribution in [-0.4, -0.2) is 20.2 Å². The van der Waals surface area contributed by atoms with Crippen LogP contribution in [0.15, 0.2) is 18.2 Å². The highest BCUT2D eigenvalue weighted by atomic mass is 16.5. The van der Waals surface area contributed by atoms with Crippen molar-refractivity contribution >= 4 is 5.69 Å². The van der Waals surface area contributed by atoms with E-state index in [0.29, 0.717) is 0 Å². The number of methoxy groups -OCH3 is 1. The van der Waals surface area contributed by atoms with Crippen molar-refractivity contribution in [3.8, 4) is 5.75 Å². The molecule has 0 saturated carbocycles. The van der Waals surface area contributed by atoms with E-state index >= 15 is 0 Å². The molecule has 2 N–H and O–H groups in total. The van der Waals surface area contributed by atoms with Crippen LogP contribution in [0.2, 0.25) is 0 Å². The van der Waals surface area contributed by atoms with Gasteiger partial charge in [-0.05, 0) is 30.9 Å². The molecule has 2 unspecified atom stereocenters. The number of ether oxygens (including phenoxy) is 1. The van der Waals surface area contributed by atoms with Crippen molar-refractivity contribution < 1.29 is 4.74 Å². The summed E-state index contributed by atoms with van der Waals surface area (Å²) >= 11 is 0. The van der Waals surface area contributed by atoms with Crippen LogP contribution < -0.4 is 15.4 Å². The van der Waals surface area contributed by atoms with Gasteiger partial charge in [-0.3, -0.25) is 0 Å². The summed E-state index contributed by atoms with van der Waals surface area (Å²) in [4.78, 5) is 2.44. The van der Waals surface area contributed by atoms with E-state index in [1.807, 2.05) is 19.1 Å². The largest absolute Gasteiger partial charge is 0.496 e. The average molecular weight is 248 g/mol. The molecule has 1 aromatic carbocycles. The lowest BCUT2D eigenvalue weighted by Gasteiger charge is -2.25. The molecule has 0 aliphatic carbocycles. The Bertz CT molecular complexity index is 407. The first-order valence-corrected chi connectivity index (χ1v) is 6.72. The number of benzene rings is 1. The first-order chi connectivity index (χ1) is 8.54. The van der Waals surface area contributed by atoms with Gasteiger partial charge in [0.2, 0.25) is 0 Å². The van der Waals surface area contributed by atoms with Crippen molar-refractivity contribution in [1.82, 2.24) is 0 Å². The molecule has 100 valence electrons. The Morgan fingerprint density at radius 2 is 1.89 bits per heavy atom. The fourth-order valence-corrected chi connectivity index (χ4v) is 2.77. The molecule has 1 aromatic rings. The van der Waals surface area contributed by atoms with Gasteiger partial charge in [0, 0.05) is 30.4 Å². The second-order valence-corrected chi connectivity index (χ2v) is 5.54. The normalized spacial score (nSPS) is 25.3. The van der Waals surface area contributed by atoms with Crippen LogP contribution in [0.1, 0.15) is 32.4 Å². The van der Waals surface area contributed by atoms with Crippen molar-refractivity contribution in [2.75, 3.05) is 25.1 Å². The Labute approximate surface area is 110 Å². The molecule has 2 rings (SSSR count). The van der Waals surface area contributed by atoms with E-state index in [9.17, 15) is 0 Å². The molecule has 0 bridgehead atoms. The molecule has 18 heavy (non-hydrogen) atoms. The van der Waals surface area contributed by atoms with Crippen molar-refractivity contribution in [3.63, 3.8) is 0 Å². The molecule has 3 nitrogen and oxygen atoms in total. The lowest BCUT2D eigenvalue weighted by molar-refractivity contribution is 0.407. The Balaban J connectivity index is 2.38. The van der Waals surface area contributed by atoms with Gasteiger partial charge < -0.3 is 15.4 Å². The number of hydrogen-bond donors (Lipinski definition) is 1. The van der Waals surface area contributed by atoms with Gasteiger partial charge in [0.15, 0.2) is 0 Å².